The number of aryl methyl sites for hydroxylation is 1. The zero-order chi connectivity index (χ0) is 13.7. The maximum atomic E-state index is 11.8. The molecule has 1 aromatic heterocycles. The Hall–Kier alpha value is -1.85. The summed E-state index contributed by atoms with van der Waals surface area (Å²) in [6, 6.07) is 1.75. The molecule has 104 valence electrons. The third-order valence-electron chi connectivity index (χ3n) is 3.40. The number of hydrogen-bond acceptors (Lipinski definition) is 3. The summed E-state index contributed by atoms with van der Waals surface area (Å²) in [5, 5.41) is 15.6. The van der Waals surface area contributed by atoms with Crippen molar-refractivity contribution >= 4 is 11.9 Å². The second kappa shape index (κ2) is 6.36. The van der Waals surface area contributed by atoms with Crippen molar-refractivity contribution in [2.75, 3.05) is 0 Å². The lowest BCUT2D eigenvalue weighted by atomic mass is 9.95. The van der Waals surface area contributed by atoms with Crippen LogP contribution in [0.1, 0.15) is 49.0 Å². The molecule has 6 heteroatoms. The van der Waals surface area contributed by atoms with Crippen molar-refractivity contribution in [1.82, 2.24) is 15.1 Å². The molecule has 1 fully saturated rings. The smallest absolute Gasteiger partial charge is 0.356 e. The van der Waals surface area contributed by atoms with Crippen LogP contribution in [-0.4, -0.2) is 32.8 Å². The highest BCUT2D eigenvalue weighted by Gasteiger charge is 2.15. The van der Waals surface area contributed by atoms with E-state index in [2.05, 4.69) is 10.4 Å². The Labute approximate surface area is 111 Å². The van der Waals surface area contributed by atoms with Gasteiger partial charge in [0, 0.05) is 25.2 Å². The van der Waals surface area contributed by atoms with Crippen molar-refractivity contribution in [2.24, 2.45) is 0 Å². The van der Waals surface area contributed by atoms with Crippen LogP contribution in [0.5, 0.6) is 0 Å². The monoisotopic (exact) mass is 265 g/mol. The zero-order valence-electron chi connectivity index (χ0n) is 10.8. The molecule has 6 nitrogen and oxygen atoms in total. The fourth-order valence-corrected chi connectivity index (χ4v) is 2.36. The third-order valence-corrected chi connectivity index (χ3v) is 3.40. The second-order valence-electron chi connectivity index (χ2n) is 4.92. The van der Waals surface area contributed by atoms with Crippen LogP contribution in [0.15, 0.2) is 12.3 Å². The molecule has 1 aliphatic rings. The Balaban J connectivity index is 1.74. The molecular weight excluding hydrogens is 246 g/mol. The molecule has 1 aromatic rings. The van der Waals surface area contributed by atoms with Gasteiger partial charge in [0.15, 0.2) is 5.69 Å². The van der Waals surface area contributed by atoms with Crippen molar-refractivity contribution in [3.8, 4) is 0 Å². The molecule has 0 aromatic carbocycles. The van der Waals surface area contributed by atoms with E-state index in [0.717, 1.165) is 12.8 Å². The topological polar surface area (TPSA) is 84.2 Å². The van der Waals surface area contributed by atoms with Crippen LogP contribution < -0.4 is 5.32 Å². The molecule has 2 rings (SSSR count). The first-order valence-electron chi connectivity index (χ1n) is 6.71. The Morgan fingerprint density at radius 3 is 2.74 bits per heavy atom. The Kier molecular flexibility index (Phi) is 4.54. The summed E-state index contributed by atoms with van der Waals surface area (Å²) in [5.74, 6) is -1.04. The highest BCUT2D eigenvalue weighted by molar-refractivity contribution is 5.85. The standard InChI is InChI=1S/C13H19N3O3/c17-12(14-10-4-2-1-3-5-10)7-9-16-8-6-11(15-16)13(18)19/h6,8,10H,1-5,7,9H2,(H,14,17)(H,18,19). The molecule has 0 spiro atoms. The van der Waals surface area contributed by atoms with E-state index in [0.29, 0.717) is 19.0 Å². The molecule has 0 atom stereocenters. The van der Waals surface area contributed by atoms with Crippen LogP contribution in [0.4, 0.5) is 0 Å². The predicted octanol–water partition coefficient (Wildman–Crippen LogP) is 1.42. The number of carbonyl (C=O) groups is 2. The van der Waals surface area contributed by atoms with E-state index >= 15 is 0 Å². The number of hydrogen-bond donors (Lipinski definition) is 2. The first kappa shape index (κ1) is 13.6. The minimum absolute atomic E-state index is 0.00712. The number of aromatic carboxylic acids is 1. The van der Waals surface area contributed by atoms with E-state index in [1.165, 1.54) is 30.0 Å². The van der Waals surface area contributed by atoms with Gasteiger partial charge in [-0.1, -0.05) is 19.3 Å². The zero-order valence-corrected chi connectivity index (χ0v) is 10.8. The van der Waals surface area contributed by atoms with E-state index in [4.69, 9.17) is 5.11 Å². The largest absolute Gasteiger partial charge is 0.476 e. The van der Waals surface area contributed by atoms with Crippen molar-refractivity contribution < 1.29 is 14.7 Å². The molecule has 2 N–H and O–H groups in total. The van der Waals surface area contributed by atoms with Gasteiger partial charge in [-0.3, -0.25) is 9.48 Å². The minimum atomic E-state index is -1.05. The average Bonchev–Trinajstić information content (AvgIpc) is 2.86. The lowest BCUT2D eigenvalue weighted by molar-refractivity contribution is -0.122. The second-order valence-corrected chi connectivity index (χ2v) is 4.92. The molecule has 0 unspecified atom stereocenters. The van der Waals surface area contributed by atoms with E-state index in [9.17, 15) is 9.59 Å². The van der Waals surface area contributed by atoms with Gasteiger partial charge < -0.3 is 10.4 Å². The van der Waals surface area contributed by atoms with Crippen LogP contribution in [-0.2, 0) is 11.3 Å². The normalized spacial score (nSPS) is 16.2. The predicted molar refractivity (Wildman–Crippen MR) is 68.8 cm³/mol. The van der Waals surface area contributed by atoms with Crippen molar-refractivity contribution in [3.63, 3.8) is 0 Å². The highest BCUT2D eigenvalue weighted by Crippen LogP contribution is 2.17. The van der Waals surface area contributed by atoms with E-state index in [-0.39, 0.29) is 11.6 Å². The van der Waals surface area contributed by atoms with Gasteiger partial charge in [-0.15, -0.1) is 0 Å². The summed E-state index contributed by atoms with van der Waals surface area (Å²) in [4.78, 5) is 22.4. The van der Waals surface area contributed by atoms with Crippen molar-refractivity contribution in [3.05, 3.63) is 18.0 Å². The molecule has 0 saturated heterocycles. The number of carboxylic acids is 1. The number of carbonyl (C=O) groups excluding carboxylic acids is 1. The van der Waals surface area contributed by atoms with Crippen molar-refractivity contribution in [1.29, 1.82) is 0 Å². The van der Waals surface area contributed by atoms with Gasteiger partial charge in [0.25, 0.3) is 0 Å². The summed E-state index contributed by atoms with van der Waals surface area (Å²) in [6.45, 7) is 0.409. The summed E-state index contributed by atoms with van der Waals surface area (Å²) >= 11 is 0. The maximum Gasteiger partial charge on any atom is 0.356 e. The maximum absolute atomic E-state index is 11.8. The average molecular weight is 265 g/mol. The quantitative estimate of drug-likeness (QED) is 0.843. The molecular formula is C13H19N3O3. The Bertz CT molecular complexity index is 450. The summed E-state index contributed by atoms with van der Waals surface area (Å²) in [6.07, 6.45) is 7.68. The molecule has 0 aliphatic heterocycles. The van der Waals surface area contributed by atoms with Crippen LogP contribution >= 0.6 is 0 Å². The third kappa shape index (κ3) is 4.08. The van der Waals surface area contributed by atoms with E-state index in [1.807, 2.05) is 0 Å². The number of nitrogens with one attached hydrogen (secondary N) is 1. The SMILES string of the molecule is O=C(CCn1ccc(C(=O)O)n1)NC1CCCCC1. The van der Waals surface area contributed by atoms with Crippen LogP contribution in [0.25, 0.3) is 0 Å². The first-order chi connectivity index (χ1) is 9.15. The van der Waals surface area contributed by atoms with Crippen molar-refractivity contribution in [2.45, 2.75) is 51.1 Å². The van der Waals surface area contributed by atoms with Gasteiger partial charge in [0.05, 0.1) is 0 Å². The first-order valence-corrected chi connectivity index (χ1v) is 6.71. The van der Waals surface area contributed by atoms with Gasteiger partial charge in [0.1, 0.15) is 0 Å². The van der Waals surface area contributed by atoms with Gasteiger partial charge in [0.2, 0.25) is 5.91 Å². The van der Waals surface area contributed by atoms with Crippen LogP contribution in [0.2, 0.25) is 0 Å². The number of aromatic nitrogens is 2. The number of carboxylic acid groups (broad SMARTS) is 1. The molecule has 0 radical (unpaired) electrons. The van der Waals surface area contributed by atoms with E-state index in [1.54, 1.807) is 6.20 Å². The molecule has 19 heavy (non-hydrogen) atoms. The minimum Gasteiger partial charge on any atom is -0.476 e. The fourth-order valence-electron chi connectivity index (χ4n) is 2.36. The van der Waals surface area contributed by atoms with Gasteiger partial charge in [-0.25, -0.2) is 4.79 Å². The fraction of sp³-hybridized carbons (Fsp3) is 0.615. The molecule has 0 bridgehead atoms. The number of amides is 1. The molecule has 1 saturated carbocycles. The van der Waals surface area contributed by atoms with Crippen LogP contribution in [0.3, 0.4) is 0 Å². The molecule has 1 aliphatic carbocycles. The lowest BCUT2D eigenvalue weighted by Crippen LogP contribution is -2.36. The summed E-state index contributed by atoms with van der Waals surface area (Å²) in [7, 11) is 0. The van der Waals surface area contributed by atoms with Crippen LogP contribution in [0, 0.1) is 0 Å². The summed E-state index contributed by atoms with van der Waals surface area (Å²) in [5.41, 5.74) is 0.00712. The van der Waals surface area contributed by atoms with Gasteiger partial charge in [-0.05, 0) is 18.9 Å². The molecule has 1 heterocycles. The number of rotatable bonds is 5. The number of nitrogens with zero attached hydrogens (tertiary/aromatic N) is 2. The van der Waals surface area contributed by atoms with Gasteiger partial charge >= 0.3 is 5.97 Å². The van der Waals surface area contributed by atoms with E-state index < -0.39 is 5.97 Å². The Morgan fingerprint density at radius 2 is 2.11 bits per heavy atom. The summed E-state index contributed by atoms with van der Waals surface area (Å²) < 4.78 is 1.49. The molecule has 1 amide bonds. The van der Waals surface area contributed by atoms with Gasteiger partial charge in [-0.2, -0.15) is 5.10 Å². The Morgan fingerprint density at radius 1 is 1.37 bits per heavy atom. The lowest BCUT2D eigenvalue weighted by Gasteiger charge is -2.22. The highest BCUT2D eigenvalue weighted by atomic mass is 16.4.